The molecule has 0 aromatic carbocycles. The van der Waals surface area contributed by atoms with E-state index >= 15 is 0 Å². The lowest BCUT2D eigenvalue weighted by atomic mass is 10.6. The van der Waals surface area contributed by atoms with Crippen molar-refractivity contribution in [2.24, 2.45) is 7.05 Å². The van der Waals surface area contributed by atoms with Crippen molar-refractivity contribution in [3.8, 4) is 0 Å². The summed E-state index contributed by atoms with van der Waals surface area (Å²) in [5.41, 5.74) is 5.51. The van der Waals surface area contributed by atoms with Crippen molar-refractivity contribution < 1.29 is 8.42 Å². The topological polar surface area (TPSA) is 116 Å². The van der Waals surface area contributed by atoms with E-state index in [2.05, 4.69) is 19.7 Å². The van der Waals surface area contributed by atoms with Crippen LogP contribution >= 0.6 is 23.2 Å². The maximum absolute atomic E-state index is 12.2. The van der Waals surface area contributed by atoms with Gasteiger partial charge in [0.15, 0.2) is 21.8 Å². The van der Waals surface area contributed by atoms with Gasteiger partial charge in [-0.3, -0.25) is 4.72 Å². The Balaban J connectivity index is 2.46. The number of hydrogen-bond donors (Lipinski definition) is 2. The second-order valence-electron chi connectivity index (χ2n) is 3.48. The van der Waals surface area contributed by atoms with Crippen LogP contribution in [-0.4, -0.2) is 27.9 Å². The Bertz CT molecular complexity index is 709. The first-order chi connectivity index (χ1) is 8.83. The molecule has 3 N–H and O–H groups in total. The highest BCUT2D eigenvalue weighted by Crippen LogP contribution is 2.28. The van der Waals surface area contributed by atoms with Crippen LogP contribution in [-0.2, 0) is 17.1 Å². The van der Waals surface area contributed by atoms with Gasteiger partial charge < -0.3 is 10.3 Å². The van der Waals surface area contributed by atoms with Crippen molar-refractivity contribution in [1.29, 1.82) is 0 Å². The van der Waals surface area contributed by atoms with E-state index in [1.165, 1.54) is 17.9 Å². The molecule has 0 aliphatic rings. The molecule has 0 atom stereocenters. The van der Waals surface area contributed by atoms with E-state index in [0.717, 1.165) is 6.33 Å². The zero-order valence-corrected chi connectivity index (χ0v) is 11.8. The lowest BCUT2D eigenvalue weighted by Crippen LogP contribution is -2.18. The van der Waals surface area contributed by atoms with Crippen molar-refractivity contribution in [2.75, 3.05) is 10.5 Å². The molecule has 0 fully saturated rings. The van der Waals surface area contributed by atoms with Crippen LogP contribution in [0.25, 0.3) is 0 Å². The Hall–Kier alpha value is -1.58. The third kappa shape index (κ3) is 2.57. The Morgan fingerprint density at radius 1 is 1.32 bits per heavy atom. The molecule has 0 spiro atoms. The second-order valence-corrected chi connectivity index (χ2v) is 5.81. The first-order valence-corrected chi connectivity index (χ1v) is 7.02. The summed E-state index contributed by atoms with van der Waals surface area (Å²) in [4.78, 5) is 11.0. The van der Waals surface area contributed by atoms with Gasteiger partial charge in [-0.1, -0.05) is 23.2 Å². The summed E-state index contributed by atoms with van der Waals surface area (Å²) in [6.45, 7) is 0. The van der Waals surface area contributed by atoms with Gasteiger partial charge in [0, 0.05) is 7.05 Å². The monoisotopic (exact) mass is 322 g/mol. The summed E-state index contributed by atoms with van der Waals surface area (Å²) in [6.07, 6.45) is 2.36. The molecule has 2 aromatic heterocycles. The molecule has 0 radical (unpaired) electrons. The van der Waals surface area contributed by atoms with Gasteiger partial charge in [0.2, 0.25) is 0 Å². The number of rotatable bonds is 3. The average Bonchev–Trinajstić information content (AvgIpc) is 2.65. The SMILES string of the molecule is Cn1cnc(N)c1S(=O)(=O)Nc1ncnc(Cl)c1Cl. The molecular formula is C8H8Cl2N6O2S. The molecule has 0 aliphatic carbocycles. The van der Waals surface area contributed by atoms with Crippen LogP contribution in [0.2, 0.25) is 10.2 Å². The fraction of sp³-hybridized carbons (Fsp3) is 0.125. The van der Waals surface area contributed by atoms with Gasteiger partial charge in [0.05, 0.1) is 6.33 Å². The van der Waals surface area contributed by atoms with E-state index in [0.29, 0.717) is 0 Å². The molecule has 102 valence electrons. The molecular weight excluding hydrogens is 315 g/mol. The molecule has 2 rings (SSSR count). The number of halogens is 2. The molecule has 0 amide bonds. The molecule has 2 aromatic rings. The van der Waals surface area contributed by atoms with Crippen molar-refractivity contribution >= 4 is 44.9 Å². The van der Waals surface area contributed by atoms with Gasteiger partial charge in [-0.15, -0.1) is 0 Å². The minimum atomic E-state index is -3.98. The van der Waals surface area contributed by atoms with Gasteiger partial charge in [0.25, 0.3) is 10.0 Å². The number of anilines is 2. The number of imidazole rings is 1. The van der Waals surface area contributed by atoms with Crippen LogP contribution in [0.5, 0.6) is 0 Å². The minimum absolute atomic E-state index is 0.0626. The molecule has 2 heterocycles. The van der Waals surface area contributed by atoms with Crippen LogP contribution in [0.4, 0.5) is 11.6 Å². The number of hydrogen-bond acceptors (Lipinski definition) is 6. The molecule has 0 bridgehead atoms. The predicted molar refractivity (Wildman–Crippen MR) is 70.5 cm³/mol. The molecule has 19 heavy (non-hydrogen) atoms. The highest BCUT2D eigenvalue weighted by Gasteiger charge is 2.24. The quantitative estimate of drug-likeness (QED) is 0.811. The van der Waals surface area contributed by atoms with Crippen LogP contribution in [0, 0.1) is 0 Å². The summed E-state index contributed by atoms with van der Waals surface area (Å²) in [7, 11) is -2.49. The molecule has 0 unspecified atom stereocenters. The number of nitrogen functional groups attached to an aromatic ring is 1. The second kappa shape index (κ2) is 4.83. The van der Waals surface area contributed by atoms with Crippen LogP contribution in [0.15, 0.2) is 17.7 Å². The number of nitrogens with two attached hydrogens (primary N) is 1. The van der Waals surface area contributed by atoms with Crippen molar-refractivity contribution in [3.63, 3.8) is 0 Å². The van der Waals surface area contributed by atoms with Crippen LogP contribution < -0.4 is 10.5 Å². The molecule has 0 saturated heterocycles. The van der Waals surface area contributed by atoms with E-state index in [4.69, 9.17) is 28.9 Å². The third-order valence-electron chi connectivity index (χ3n) is 2.14. The minimum Gasteiger partial charge on any atom is -0.381 e. The van der Waals surface area contributed by atoms with Gasteiger partial charge >= 0.3 is 0 Å². The zero-order valence-electron chi connectivity index (χ0n) is 9.50. The van der Waals surface area contributed by atoms with Crippen molar-refractivity contribution in [3.05, 3.63) is 22.8 Å². The Labute approximate surface area is 118 Å². The van der Waals surface area contributed by atoms with Crippen LogP contribution in [0.1, 0.15) is 0 Å². The van der Waals surface area contributed by atoms with E-state index < -0.39 is 10.0 Å². The van der Waals surface area contributed by atoms with Gasteiger partial charge in [0.1, 0.15) is 11.3 Å². The van der Waals surface area contributed by atoms with Crippen molar-refractivity contribution in [2.45, 2.75) is 5.03 Å². The lowest BCUT2D eigenvalue weighted by molar-refractivity contribution is 0.591. The fourth-order valence-electron chi connectivity index (χ4n) is 1.36. The maximum Gasteiger partial charge on any atom is 0.282 e. The Morgan fingerprint density at radius 3 is 2.58 bits per heavy atom. The first kappa shape index (κ1) is 13.8. The average molecular weight is 323 g/mol. The zero-order chi connectivity index (χ0) is 14.2. The van der Waals surface area contributed by atoms with E-state index in [9.17, 15) is 8.42 Å². The molecule has 11 heteroatoms. The summed E-state index contributed by atoms with van der Waals surface area (Å²) in [6, 6.07) is 0. The Kier molecular flexibility index (Phi) is 3.52. The summed E-state index contributed by atoms with van der Waals surface area (Å²) >= 11 is 11.5. The van der Waals surface area contributed by atoms with Gasteiger partial charge in [-0.05, 0) is 0 Å². The summed E-state index contributed by atoms with van der Waals surface area (Å²) in [5, 5.41) is -0.362. The number of aromatic nitrogens is 4. The highest BCUT2D eigenvalue weighted by molar-refractivity contribution is 7.92. The van der Waals surface area contributed by atoms with E-state index in [1.807, 2.05) is 0 Å². The lowest BCUT2D eigenvalue weighted by Gasteiger charge is -2.09. The van der Waals surface area contributed by atoms with E-state index in [1.54, 1.807) is 0 Å². The maximum atomic E-state index is 12.2. The summed E-state index contributed by atoms with van der Waals surface area (Å²) in [5.74, 6) is -0.270. The molecule has 0 saturated carbocycles. The van der Waals surface area contributed by atoms with Crippen LogP contribution in [0.3, 0.4) is 0 Å². The normalized spacial score (nSPS) is 11.5. The van der Waals surface area contributed by atoms with Crippen molar-refractivity contribution in [1.82, 2.24) is 19.5 Å². The third-order valence-corrected chi connectivity index (χ3v) is 4.35. The number of nitrogens with one attached hydrogen (secondary N) is 1. The predicted octanol–water partition coefficient (Wildman–Crippen LogP) is 0.900. The number of sulfonamides is 1. The highest BCUT2D eigenvalue weighted by atomic mass is 35.5. The first-order valence-electron chi connectivity index (χ1n) is 4.78. The standard InChI is InChI=1S/C8H8Cl2N6O2S/c1-16-3-14-6(11)8(16)19(17,18)15-7-4(9)5(10)12-2-13-7/h2-3H,11H2,1H3,(H,12,13,15). The van der Waals surface area contributed by atoms with E-state index in [-0.39, 0.29) is 26.8 Å². The molecule has 0 aliphatic heterocycles. The summed E-state index contributed by atoms with van der Waals surface area (Å²) < 4.78 is 27.7. The largest absolute Gasteiger partial charge is 0.381 e. The Morgan fingerprint density at radius 2 is 2.00 bits per heavy atom. The smallest absolute Gasteiger partial charge is 0.282 e. The van der Waals surface area contributed by atoms with Gasteiger partial charge in [-0.25, -0.2) is 15.0 Å². The fourth-order valence-corrected chi connectivity index (χ4v) is 2.95. The number of aryl methyl sites for hydroxylation is 1. The number of nitrogens with zero attached hydrogens (tertiary/aromatic N) is 4. The molecule has 8 nitrogen and oxygen atoms in total. The van der Waals surface area contributed by atoms with Gasteiger partial charge in [-0.2, -0.15) is 8.42 Å².